The summed E-state index contributed by atoms with van der Waals surface area (Å²) in [5, 5.41) is 12.7. The SMILES string of the molecule is COc1cc(C(=O)N/N=C/c2cccc(CN3C(=O)CC/C=C/CCC(=O)O[C@H]4CCC[C@@H]43)c2)ccc1OCCCCCCC(=O)NO. The van der Waals surface area contributed by atoms with E-state index in [1.54, 1.807) is 29.9 Å². The molecule has 1 aliphatic carbocycles. The normalized spacial score (nSPS) is 19.1. The number of nitrogens with zero attached hydrogens (tertiary/aromatic N) is 2. The number of unbranched alkanes of at least 4 members (excludes halogenated alkanes) is 3. The maximum Gasteiger partial charge on any atom is 0.306 e. The van der Waals surface area contributed by atoms with Crippen molar-refractivity contribution in [2.45, 2.75) is 95.7 Å². The predicted molar refractivity (Wildman–Crippen MR) is 179 cm³/mol. The van der Waals surface area contributed by atoms with E-state index in [0.717, 1.165) is 49.7 Å². The minimum absolute atomic E-state index is 0.0355. The van der Waals surface area contributed by atoms with Crippen molar-refractivity contribution in [2.24, 2.45) is 5.10 Å². The highest BCUT2D eigenvalue weighted by Gasteiger charge is 2.37. The zero-order valence-electron chi connectivity index (χ0n) is 27.5. The number of ether oxygens (including phenoxy) is 3. The molecule has 12 nitrogen and oxygen atoms in total. The molecule has 0 radical (unpaired) electrons. The number of hydrazone groups is 1. The van der Waals surface area contributed by atoms with Crippen molar-refractivity contribution >= 4 is 29.9 Å². The minimum atomic E-state index is -0.417. The molecular weight excluding hydrogens is 616 g/mol. The number of esters is 1. The topological polar surface area (TPSA) is 156 Å². The number of allylic oxidation sites excluding steroid dienone is 2. The number of nitrogens with one attached hydrogen (secondary N) is 2. The molecule has 0 bridgehead atoms. The van der Waals surface area contributed by atoms with Gasteiger partial charge >= 0.3 is 5.97 Å². The number of benzene rings is 2. The molecule has 48 heavy (non-hydrogen) atoms. The van der Waals surface area contributed by atoms with Gasteiger partial charge in [-0.15, -0.1) is 0 Å². The lowest BCUT2D eigenvalue weighted by Gasteiger charge is -2.33. The Morgan fingerprint density at radius 3 is 2.65 bits per heavy atom. The molecule has 3 amide bonds. The van der Waals surface area contributed by atoms with Crippen LogP contribution in [0.3, 0.4) is 0 Å². The standard InChI is InChI=1S/C36H46N4O8/c1-46-32-23-28(19-20-31(32)47-21-9-5-4-6-16-33(41)39-45)36(44)38-37-24-26-12-10-13-27(22-26)25-40-29-14-11-15-30(29)48-35(43)18-8-3-2-7-17-34(40)42/h2-3,10,12-13,19-20,22-24,29-30,45H,4-9,11,14-18,21,25H2,1H3,(H,38,44)(H,39,41)/b3-2+,37-24+/t29-,30-/m0/s1. The molecule has 0 spiro atoms. The van der Waals surface area contributed by atoms with E-state index in [2.05, 4.69) is 10.5 Å². The lowest BCUT2D eigenvalue weighted by molar-refractivity contribution is -0.154. The van der Waals surface area contributed by atoms with E-state index in [9.17, 15) is 19.2 Å². The highest BCUT2D eigenvalue weighted by molar-refractivity contribution is 5.95. The molecule has 0 saturated heterocycles. The number of hydrogen-bond acceptors (Lipinski definition) is 9. The molecule has 1 fully saturated rings. The second-order valence-corrected chi connectivity index (χ2v) is 12.0. The third kappa shape index (κ3) is 11.2. The van der Waals surface area contributed by atoms with Crippen molar-refractivity contribution in [2.75, 3.05) is 13.7 Å². The number of fused-ring (bicyclic) bond motifs is 1. The summed E-state index contributed by atoms with van der Waals surface area (Å²) in [6, 6.07) is 12.4. The highest BCUT2D eigenvalue weighted by Crippen LogP contribution is 2.30. The van der Waals surface area contributed by atoms with Crippen LogP contribution in [0.25, 0.3) is 0 Å². The van der Waals surface area contributed by atoms with Crippen molar-refractivity contribution < 1.29 is 38.6 Å². The van der Waals surface area contributed by atoms with Crippen LogP contribution in [-0.2, 0) is 25.7 Å². The van der Waals surface area contributed by atoms with Crippen LogP contribution < -0.4 is 20.4 Å². The maximum atomic E-state index is 13.4. The Labute approximate surface area is 281 Å². The molecule has 0 aromatic heterocycles. The Kier molecular flexibility index (Phi) is 14.4. The van der Waals surface area contributed by atoms with Crippen LogP contribution in [0.15, 0.2) is 59.7 Å². The van der Waals surface area contributed by atoms with Crippen molar-refractivity contribution in [3.8, 4) is 11.5 Å². The zero-order valence-corrected chi connectivity index (χ0v) is 27.5. The van der Waals surface area contributed by atoms with Gasteiger partial charge in [0.05, 0.1) is 26.0 Å². The van der Waals surface area contributed by atoms with Crippen LogP contribution in [0.2, 0.25) is 0 Å². The van der Waals surface area contributed by atoms with E-state index < -0.39 is 5.91 Å². The molecule has 1 aliphatic heterocycles. The fourth-order valence-corrected chi connectivity index (χ4v) is 5.91. The summed E-state index contributed by atoms with van der Waals surface area (Å²) < 4.78 is 17.1. The fourth-order valence-electron chi connectivity index (χ4n) is 5.91. The summed E-state index contributed by atoms with van der Waals surface area (Å²) in [5.74, 6) is -0.0526. The van der Waals surface area contributed by atoms with E-state index in [0.29, 0.717) is 62.3 Å². The monoisotopic (exact) mass is 662 g/mol. The molecule has 3 N–H and O–H groups in total. The summed E-state index contributed by atoms with van der Waals surface area (Å²) >= 11 is 0. The first-order valence-electron chi connectivity index (χ1n) is 16.7. The van der Waals surface area contributed by atoms with Crippen molar-refractivity contribution in [3.05, 3.63) is 71.3 Å². The number of methoxy groups -OCH3 is 1. The van der Waals surface area contributed by atoms with Crippen molar-refractivity contribution in [1.29, 1.82) is 0 Å². The molecule has 1 heterocycles. The number of hydroxylamine groups is 1. The molecule has 4 rings (SSSR count). The van der Waals surface area contributed by atoms with Crippen molar-refractivity contribution in [1.82, 2.24) is 15.8 Å². The smallest absolute Gasteiger partial charge is 0.306 e. The van der Waals surface area contributed by atoms with Gasteiger partial charge in [0.1, 0.15) is 6.10 Å². The number of carbonyl (C=O) groups excluding carboxylic acids is 4. The second-order valence-electron chi connectivity index (χ2n) is 12.0. The Hall–Kier alpha value is -4.71. The van der Waals surface area contributed by atoms with Crippen LogP contribution in [-0.4, -0.2) is 65.9 Å². The Balaban J connectivity index is 1.32. The first-order valence-corrected chi connectivity index (χ1v) is 16.7. The van der Waals surface area contributed by atoms with Crippen LogP contribution in [0.4, 0.5) is 0 Å². The van der Waals surface area contributed by atoms with Crippen molar-refractivity contribution in [3.63, 3.8) is 0 Å². The Morgan fingerprint density at radius 2 is 1.83 bits per heavy atom. The average molecular weight is 663 g/mol. The molecular formula is C36H46N4O8. The van der Waals surface area contributed by atoms with E-state index in [1.807, 2.05) is 41.3 Å². The van der Waals surface area contributed by atoms with Gasteiger partial charge in [0.25, 0.3) is 5.91 Å². The van der Waals surface area contributed by atoms with E-state index >= 15 is 0 Å². The van der Waals surface area contributed by atoms with Gasteiger partial charge in [-0.25, -0.2) is 10.9 Å². The van der Waals surface area contributed by atoms with Gasteiger partial charge in [0, 0.05) is 31.4 Å². The van der Waals surface area contributed by atoms with Gasteiger partial charge in [0.2, 0.25) is 11.8 Å². The summed E-state index contributed by atoms with van der Waals surface area (Å²) in [6.45, 7) is 0.836. The molecule has 12 heteroatoms. The fraction of sp³-hybridized carbons (Fsp3) is 0.472. The average Bonchev–Trinajstić information content (AvgIpc) is 3.54. The number of amides is 3. The number of carbonyl (C=O) groups is 4. The largest absolute Gasteiger partial charge is 0.493 e. The molecule has 1 saturated carbocycles. The predicted octanol–water partition coefficient (Wildman–Crippen LogP) is 5.22. The van der Waals surface area contributed by atoms with Gasteiger partial charge in [0.15, 0.2) is 11.5 Å². The third-order valence-corrected chi connectivity index (χ3v) is 8.42. The lowest BCUT2D eigenvalue weighted by atomic mass is 10.1. The van der Waals surface area contributed by atoms with Gasteiger partial charge in [-0.3, -0.25) is 24.4 Å². The first kappa shape index (κ1) is 36.1. The van der Waals surface area contributed by atoms with E-state index in [4.69, 9.17) is 19.4 Å². The van der Waals surface area contributed by atoms with Crippen LogP contribution in [0.5, 0.6) is 11.5 Å². The number of rotatable bonds is 14. The number of hydrogen-bond donors (Lipinski definition) is 3. The van der Waals surface area contributed by atoms with Gasteiger partial charge in [-0.1, -0.05) is 43.2 Å². The summed E-state index contributed by atoms with van der Waals surface area (Å²) in [5.41, 5.74) is 6.19. The zero-order chi connectivity index (χ0) is 34.1. The van der Waals surface area contributed by atoms with Crippen LogP contribution >= 0.6 is 0 Å². The Morgan fingerprint density at radius 1 is 1.02 bits per heavy atom. The first-order chi connectivity index (χ1) is 23.4. The summed E-state index contributed by atoms with van der Waals surface area (Å²) in [7, 11) is 1.50. The van der Waals surface area contributed by atoms with Crippen LogP contribution in [0, 0.1) is 0 Å². The molecule has 2 aromatic rings. The molecule has 2 atom stereocenters. The molecule has 2 aliphatic rings. The van der Waals surface area contributed by atoms with Gasteiger partial charge < -0.3 is 19.1 Å². The third-order valence-electron chi connectivity index (χ3n) is 8.42. The van der Waals surface area contributed by atoms with Gasteiger partial charge in [-0.05, 0) is 80.3 Å². The van der Waals surface area contributed by atoms with E-state index in [1.165, 1.54) is 7.11 Å². The Bertz CT molecular complexity index is 1460. The highest BCUT2D eigenvalue weighted by atomic mass is 16.5. The minimum Gasteiger partial charge on any atom is -0.493 e. The quantitative estimate of drug-likeness (QED) is 0.0621. The summed E-state index contributed by atoms with van der Waals surface area (Å²) in [4.78, 5) is 51.5. The maximum absolute atomic E-state index is 13.4. The molecule has 258 valence electrons. The second kappa shape index (κ2) is 19.2. The summed E-state index contributed by atoms with van der Waals surface area (Å²) in [6.07, 6.45) is 13.0. The van der Waals surface area contributed by atoms with Crippen LogP contribution in [0.1, 0.15) is 98.5 Å². The van der Waals surface area contributed by atoms with Gasteiger partial charge in [-0.2, -0.15) is 5.10 Å². The lowest BCUT2D eigenvalue weighted by Crippen LogP contribution is -2.45. The van der Waals surface area contributed by atoms with E-state index in [-0.39, 0.29) is 36.4 Å². The molecule has 0 unspecified atom stereocenters. The molecule has 2 aromatic carbocycles.